The first kappa shape index (κ1) is 21.4. The van der Waals surface area contributed by atoms with Gasteiger partial charge in [0.15, 0.2) is 5.78 Å². The number of ether oxygens (including phenoxy) is 1. The number of carbonyl (C=O) groups excluding carboxylic acids is 1. The van der Waals surface area contributed by atoms with Crippen LogP contribution in [0.15, 0.2) is 24.3 Å². The van der Waals surface area contributed by atoms with E-state index in [1.807, 2.05) is 12.1 Å². The zero-order chi connectivity index (χ0) is 21.3. The Labute approximate surface area is 184 Å². The summed E-state index contributed by atoms with van der Waals surface area (Å²) in [6.07, 6.45) is 2.52. The van der Waals surface area contributed by atoms with Crippen molar-refractivity contribution in [1.29, 1.82) is 0 Å². The average Bonchev–Trinajstić information content (AvgIpc) is 3.34. The van der Waals surface area contributed by atoms with Crippen molar-refractivity contribution in [2.45, 2.75) is 46.3 Å². The molecule has 0 radical (unpaired) electrons. The molecule has 0 spiro atoms. The van der Waals surface area contributed by atoms with Gasteiger partial charge in [0.1, 0.15) is 0 Å². The third-order valence-electron chi connectivity index (χ3n) is 6.54. The van der Waals surface area contributed by atoms with Gasteiger partial charge in [-0.15, -0.1) is 0 Å². The Bertz CT molecular complexity index is 909. The van der Waals surface area contributed by atoms with E-state index in [9.17, 15) is 4.79 Å². The zero-order valence-electron chi connectivity index (χ0n) is 18.3. The lowest BCUT2D eigenvalue weighted by Gasteiger charge is -2.36. The molecule has 0 N–H and O–H groups in total. The van der Waals surface area contributed by atoms with Crippen LogP contribution in [0.4, 0.5) is 5.69 Å². The Morgan fingerprint density at radius 2 is 1.90 bits per heavy atom. The SMILES string of the molecule is Cc1ccc(Cl)cc1N1CCN(CC(=O)c2cc(C)n(C[C@H]3CCCO3)c2C)CC1. The average molecular weight is 430 g/mol. The summed E-state index contributed by atoms with van der Waals surface area (Å²) in [4.78, 5) is 17.7. The topological polar surface area (TPSA) is 37.7 Å². The van der Waals surface area contributed by atoms with Gasteiger partial charge in [-0.2, -0.15) is 0 Å². The molecule has 2 saturated heterocycles. The molecule has 1 atom stereocenters. The second-order valence-corrected chi connectivity index (χ2v) is 9.08. The van der Waals surface area contributed by atoms with Crippen LogP contribution in [0.25, 0.3) is 0 Å². The number of hydrogen-bond acceptors (Lipinski definition) is 4. The van der Waals surface area contributed by atoms with E-state index >= 15 is 0 Å². The van der Waals surface area contributed by atoms with Crippen LogP contribution < -0.4 is 4.90 Å². The van der Waals surface area contributed by atoms with Gasteiger partial charge in [-0.1, -0.05) is 17.7 Å². The zero-order valence-corrected chi connectivity index (χ0v) is 19.0. The van der Waals surface area contributed by atoms with Crippen LogP contribution in [0, 0.1) is 20.8 Å². The highest BCUT2D eigenvalue weighted by Crippen LogP contribution is 2.26. The van der Waals surface area contributed by atoms with Gasteiger partial charge in [0.25, 0.3) is 0 Å². The molecule has 0 bridgehead atoms. The first-order valence-corrected chi connectivity index (χ1v) is 11.3. The molecule has 0 aliphatic carbocycles. The molecule has 2 fully saturated rings. The van der Waals surface area contributed by atoms with E-state index in [2.05, 4.69) is 47.3 Å². The van der Waals surface area contributed by atoms with Crippen molar-refractivity contribution in [3.63, 3.8) is 0 Å². The van der Waals surface area contributed by atoms with Gasteiger partial charge in [0.05, 0.1) is 12.6 Å². The molecule has 30 heavy (non-hydrogen) atoms. The lowest BCUT2D eigenvalue weighted by molar-refractivity contribution is 0.0918. The van der Waals surface area contributed by atoms with Crippen molar-refractivity contribution in [1.82, 2.24) is 9.47 Å². The van der Waals surface area contributed by atoms with Crippen molar-refractivity contribution >= 4 is 23.1 Å². The highest BCUT2D eigenvalue weighted by molar-refractivity contribution is 6.30. The minimum absolute atomic E-state index is 0.217. The normalized spacial score (nSPS) is 20.1. The molecule has 0 amide bonds. The Hall–Kier alpha value is -1.82. The van der Waals surface area contributed by atoms with Gasteiger partial charge in [-0.05, 0) is 57.4 Å². The molecule has 1 aromatic carbocycles. The van der Waals surface area contributed by atoms with Crippen molar-refractivity contribution < 1.29 is 9.53 Å². The second kappa shape index (κ2) is 9.13. The summed E-state index contributed by atoms with van der Waals surface area (Å²) in [5.41, 5.74) is 5.51. The fourth-order valence-corrected chi connectivity index (χ4v) is 4.88. The van der Waals surface area contributed by atoms with Gasteiger partial charge in [0.2, 0.25) is 0 Å². The van der Waals surface area contributed by atoms with E-state index in [0.29, 0.717) is 6.54 Å². The highest BCUT2D eigenvalue weighted by Gasteiger charge is 2.24. The van der Waals surface area contributed by atoms with E-state index in [-0.39, 0.29) is 11.9 Å². The summed E-state index contributed by atoms with van der Waals surface area (Å²) in [6, 6.07) is 8.10. The number of benzene rings is 1. The Morgan fingerprint density at radius 3 is 2.60 bits per heavy atom. The van der Waals surface area contributed by atoms with Crippen LogP contribution in [0.1, 0.15) is 40.2 Å². The molecule has 4 rings (SSSR count). The van der Waals surface area contributed by atoms with Crippen LogP contribution in [0.5, 0.6) is 0 Å². The number of anilines is 1. The number of carbonyl (C=O) groups is 1. The van der Waals surface area contributed by atoms with Gasteiger partial charge in [0, 0.05) is 67.0 Å². The summed E-state index contributed by atoms with van der Waals surface area (Å²) < 4.78 is 8.05. The van der Waals surface area contributed by atoms with Crippen LogP contribution in [-0.4, -0.2) is 60.7 Å². The fraction of sp³-hybridized carbons (Fsp3) is 0.542. The summed E-state index contributed by atoms with van der Waals surface area (Å²) >= 11 is 6.19. The Morgan fingerprint density at radius 1 is 1.13 bits per heavy atom. The lowest BCUT2D eigenvalue weighted by atomic mass is 10.1. The molecule has 2 aliphatic heterocycles. The maximum absolute atomic E-state index is 13.1. The van der Waals surface area contributed by atoms with Crippen molar-refractivity contribution in [3.8, 4) is 0 Å². The Kier molecular flexibility index (Phi) is 6.51. The van der Waals surface area contributed by atoms with E-state index < -0.39 is 0 Å². The molecule has 6 heteroatoms. The molecular formula is C24H32ClN3O2. The molecule has 2 aliphatic rings. The van der Waals surface area contributed by atoms with Crippen LogP contribution in [0.2, 0.25) is 5.02 Å². The number of halogens is 1. The number of piperazine rings is 1. The monoisotopic (exact) mass is 429 g/mol. The number of aryl methyl sites for hydroxylation is 2. The van der Waals surface area contributed by atoms with E-state index in [1.54, 1.807) is 0 Å². The summed E-state index contributed by atoms with van der Waals surface area (Å²) in [5, 5.41) is 0.770. The minimum atomic E-state index is 0.217. The van der Waals surface area contributed by atoms with Crippen LogP contribution in [-0.2, 0) is 11.3 Å². The molecule has 1 aromatic heterocycles. The van der Waals surface area contributed by atoms with Crippen molar-refractivity contribution in [3.05, 3.63) is 51.8 Å². The molecule has 3 heterocycles. The molecule has 0 saturated carbocycles. The maximum Gasteiger partial charge on any atom is 0.178 e. The largest absolute Gasteiger partial charge is 0.376 e. The smallest absolute Gasteiger partial charge is 0.178 e. The highest BCUT2D eigenvalue weighted by atomic mass is 35.5. The number of Topliss-reactive ketones (excluding diaryl/α,β-unsaturated/α-hetero) is 1. The first-order valence-electron chi connectivity index (χ1n) is 11.0. The second-order valence-electron chi connectivity index (χ2n) is 8.65. The summed E-state index contributed by atoms with van der Waals surface area (Å²) in [5.74, 6) is 0.217. The molecule has 0 unspecified atom stereocenters. The van der Waals surface area contributed by atoms with Crippen LogP contribution in [0.3, 0.4) is 0 Å². The first-order chi connectivity index (χ1) is 14.4. The summed E-state index contributed by atoms with van der Waals surface area (Å²) in [7, 11) is 0. The number of nitrogens with zero attached hydrogens (tertiary/aromatic N) is 3. The van der Waals surface area contributed by atoms with E-state index in [1.165, 1.54) is 11.3 Å². The fourth-order valence-electron chi connectivity index (χ4n) is 4.71. The van der Waals surface area contributed by atoms with E-state index in [4.69, 9.17) is 16.3 Å². The molecule has 162 valence electrons. The van der Waals surface area contributed by atoms with Crippen LogP contribution >= 0.6 is 11.6 Å². The third-order valence-corrected chi connectivity index (χ3v) is 6.77. The molecule has 2 aromatic rings. The number of rotatable bonds is 6. The lowest BCUT2D eigenvalue weighted by Crippen LogP contribution is -2.48. The predicted octanol–water partition coefficient (Wildman–Crippen LogP) is 4.25. The number of aromatic nitrogens is 1. The summed E-state index contributed by atoms with van der Waals surface area (Å²) in [6.45, 7) is 12.0. The Balaban J connectivity index is 1.36. The van der Waals surface area contributed by atoms with Crippen molar-refractivity contribution in [2.24, 2.45) is 0 Å². The molecular weight excluding hydrogens is 398 g/mol. The van der Waals surface area contributed by atoms with Gasteiger partial charge in [-0.25, -0.2) is 0 Å². The van der Waals surface area contributed by atoms with Gasteiger partial charge >= 0.3 is 0 Å². The number of hydrogen-bond donors (Lipinski definition) is 0. The van der Waals surface area contributed by atoms with E-state index in [0.717, 1.165) is 74.1 Å². The standard InChI is InChI=1S/C24H32ClN3O2/c1-17-6-7-20(25)14-23(17)27-10-8-26(9-11-27)16-24(29)22-13-18(2)28(19(22)3)15-21-5-4-12-30-21/h6-7,13-14,21H,4-5,8-12,15-16H2,1-3H3/t21-/m1/s1. The predicted molar refractivity (Wildman–Crippen MR) is 122 cm³/mol. The van der Waals surface area contributed by atoms with Gasteiger partial charge in [-0.3, -0.25) is 9.69 Å². The minimum Gasteiger partial charge on any atom is -0.376 e. The third kappa shape index (κ3) is 4.58. The van der Waals surface area contributed by atoms with Gasteiger partial charge < -0.3 is 14.2 Å². The maximum atomic E-state index is 13.1. The quantitative estimate of drug-likeness (QED) is 0.643. The molecule has 5 nitrogen and oxygen atoms in total. The van der Waals surface area contributed by atoms with Crippen molar-refractivity contribution in [2.75, 3.05) is 44.2 Å². The number of ketones is 1.